The zero-order valence-corrected chi connectivity index (χ0v) is 14.8. The van der Waals surface area contributed by atoms with Crippen LogP contribution in [0.15, 0.2) is 47.6 Å². The molecule has 134 valence electrons. The summed E-state index contributed by atoms with van der Waals surface area (Å²) >= 11 is 0. The van der Waals surface area contributed by atoms with E-state index in [1.165, 1.54) is 12.1 Å². The van der Waals surface area contributed by atoms with E-state index in [2.05, 4.69) is 0 Å². The van der Waals surface area contributed by atoms with Crippen molar-refractivity contribution in [2.45, 2.75) is 20.3 Å². The van der Waals surface area contributed by atoms with Gasteiger partial charge in [0, 0.05) is 16.7 Å². The van der Waals surface area contributed by atoms with E-state index in [4.69, 9.17) is 0 Å². The molecule has 2 aliphatic carbocycles. The fraction of sp³-hybridized carbons (Fsp3) is 0.136. The Morgan fingerprint density at radius 2 is 1.37 bits per heavy atom. The molecule has 0 saturated heterocycles. The van der Waals surface area contributed by atoms with Crippen LogP contribution in [0.4, 0.5) is 0 Å². The lowest BCUT2D eigenvalue weighted by atomic mass is 9.79. The number of rotatable bonds is 1. The molecule has 0 radical (unpaired) electrons. The third kappa shape index (κ3) is 2.51. The van der Waals surface area contributed by atoms with Crippen LogP contribution < -0.4 is 0 Å². The first-order valence-corrected chi connectivity index (χ1v) is 8.50. The first kappa shape index (κ1) is 17.0. The quantitative estimate of drug-likeness (QED) is 0.813. The average molecular weight is 360 g/mol. The van der Waals surface area contributed by atoms with Gasteiger partial charge in [-0.05, 0) is 61.2 Å². The van der Waals surface area contributed by atoms with E-state index in [1.807, 2.05) is 13.0 Å². The predicted molar refractivity (Wildman–Crippen MR) is 98.5 cm³/mol. The second-order valence-corrected chi connectivity index (χ2v) is 6.93. The molecule has 4 rings (SSSR count). The standard InChI is InChI=1S/C22H16O5/c1-10-5-12-3-4-13(21(26)19(12)17(24)7-10)14-9-16(23)15-6-11(2)8-18(25)20(15)22(14)27/h4-9,24-25H,3H2,1-2H3. The Bertz CT molecular complexity index is 1130. The summed E-state index contributed by atoms with van der Waals surface area (Å²) in [6.45, 7) is 3.53. The van der Waals surface area contributed by atoms with Gasteiger partial charge >= 0.3 is 0 Å². The fourth-order valence-corrected chi connectivity index (χ4v) is 3.75. The Hall–Kier alpha value is -3.47. The monoisotopic (exact) mass is 360 g/mol. The van der Waals surface area contributed by atoms with Gasteiger partial charge in [-0.1, -0.05) is 12.1 Å². The minimum absolute atomic E-state index is 0.0534. The van der Waals surface area contributed by atoms with Gasteiger partial charge in [-0.15, -0.1) is 0 Å². The molecular weight excluding hydrogens is 344 g/mol. The third-order valence-corrected chi connectivity index (χ3v) is 4.91. The van der Waals surface area contributed by atoms with E-state index >= 15 is 0 Å². The molecule has 0 heterocycles. The Labute approximate surface area is 155 Å². The Kier molecular flexibility index (Phi) is 3.63. The van der Waals surface area contributed by atoms with Gasteiger partial charge in [0.05, 0.1) is 11.1 Å². The highest BCUT2D eigenvalue weighted by atomic mass is 16.3. The molecule has 2 N–H and O–H groups in total. The number of phenols is 2. The van der Waals surface area contributed by atoms with Crippen molar-refractivity contribution in [1.82, 2.24) is 0 Å². The van der Waals surface area contributed by atoms with E-state index in [9.17, 15) is 24.6 Å². The second-order valence-electron chi connectivity index (χ2n) is 6.93. The molecule has 0 aromatic heterocycles. The number of hydrogen-bond donors (Lipinski definition) is 2. The van der Waals surface area contributed by atoms with Crippen LogP contribution in [0.25, 0.3) is 0 Å². The van der Waals surface area contributed by atoms with Gasteiger partial charge in [-0.25, -0.2) is 0 Å². The summed E-state index contributed by atoms with van der Waals surface area (Å²) in [5.41, 5.74) is 2.38. The van der Waals surface area contributed by atoms with Gasteiger partial charge in [0.25, 0.3) is 0 Å². The summed E-state index contributed by atoms with van der Waals surface area (Å²) in [6.07, 6.45) is 3.09. The number of phenolic OH excluding ortho intramolecular Hbond substituents is 2. The van der Waals surface area contributed by atoms with Crippen LogP contribution in [-0.4, -0.2) is 27.6 Å². The summed E-state index contributed by atoms with van der Waals surface area (Å²) in [4.78, 5) is 38.4. The lowest BCUT2D eigenvalue weighted by Crippen LogP contribution is -2.23. The molecule has 2 aromatic carbocycles. The van der Waals surface area contributed by atoms with Crippen molar-refractivity contribution in [3.63, 3.8) is 0 Å². The van der Waals surface area contributed by atoms with Crippen LogP contribution in [-0.2, 0) is 6.42 Å². The van der Waals surface area contributed by atoms with Crippen molar-refractivity contribution >= 4 is 17.3 Å². The molecule has 27 heavy (non-hydrogen) atoms. The number of benzene rings is 2. The van der Waals surface area contributed by atoms with Gasteiger partial charge in [0.2, 0.25) is 0 Å². The zero-order valence-electron chi connectivity index (χ0n) is 14.8. The van der Waals surface area contributed by atoms with Crippen LogP contribution in [0.5, 0.6) is 11.5 Å². The highest BCUT2D eigenvalue weighted by Crippen LogP contribution is 2.37. The summed E-state index contributed by atoms with van der Waals surface area (Å²) in [5.74, 6) is -1.94. The summed E-state index contributed by atoms with van der Waals surface area (Å²) in [7, 11) is 0. The molecule has 0 unspecified atom stereocenters. The van der Waals surface area contributed by atoms with Crippen LogP contribution in [0, 0.1) is 13.8 Å². The van der Waals surface area contributed by atoms with Crippen molar-refractivity contribution in [1.29, 1.82) is 0 Å². The van der Waals surface area contributed by atoms with Crippen molar-refractivity contribution in [3.05, 3.63) is 80.9 Å². The molecule has 2 aromatic rings. The number of Topliss-reactive ketones (excluding diaryl/α,β-unsaturated/α-hetero) is 2. The van der Waals surface area contributed by atoms with E-state index in [1.54, 1.807) is 19.1 Å². The van der Waals surface area contributed by atoms with E-state index in [0.717, 1.165) is 11.6 Å². The topological polar surface area (TPSA) is 91.7 Å². The van der Waals surface area contributed by atoms with Crippen LogP contribution >= 0.6 is 0 Å². The molecule has 0 spiro atoms. The minimum atomic E-state index is -0.572. The predicted octanol–water partition coefficient (Wildman–Crippen LogP) is 3.39. The maximum Gasteiger partial charge on any atom is 0.198 e. The number of aromatic hydroxyl groups is 2. The van der Waals surface area contributed by atoms with E-state index in [0.29, 0.717) is 17.5 Å². The highest BCUT2D eigenvalue weighted by molar-refractivity contribution is 6.32. The number of carbonyl (C=O) groups is 3. The molecule has 0 aliphatic heterocycles. The zero-order chi connectivity index (χ0) is 19.5. The van der Waals surface area contributed by atoms with Gasteiger partial charge < -0.3 is 10.2 Å². The second kappa shape index (κ2) is 5.77. The maximum atomic E-state index is 13.0. The number of ketones is 3. The molecular formula is C22H16O5. The number of carbonyl (C=O) groups excluding carboxylic acids is 3. The van der Waals surface area contributed by atoms with Crippen molar-refractivity contribution < 1.29 is 24.6 Å². The Balaban J connectivity index is 1.84. The first-order valence-electron chi connectivity index (χ1n) is 8.50. The number of aryl methyl sites for hydroxylation is 2. The van der Waals surface area contributed by atoms with Crippen LogP contribution in [0.2, 0.25) is 0 Å². The van der Waals surface area contributed by atoms with Gasteiger partial charge in [-0.2, -0.15) is 0 Å². The molecule has 2 aliphatic rings. The maximum absolute atomic E-state index is 13.0. The highest BCUT2D eigenvalue weighted by Gasteiger charge is 2.35. The lowest BCUT2D eigenvalue weighted by Gasteiger charge is -2.22. The lowest BCUT2D eigenvalue weighted by molar-refractivity contribution is 0.0970. The summed E-state index contributed by atoms with van der Waals surface area (Å²) in [5, 5.41) is 20.4. The molecule has 5 nitrogen and oxygen atoms in total. The SMILES string of the molecule is Cc1cc(O)c2c(c1)CC=C(C1=CC(=O)c3cc(C)cc(O)c3C1=O)C2=O. The summed E-state index contributed by atoms with van der Waals surface area (Å²) < 4.78 is 0. The minimum Gasteiger partial charge on any atom is -0.507 e. The van der Waals surface area contributed by atoms with Crippen LogP contribution in [0.3, 0.4) is 0 Å². The van der Waals surface area contributed by atoms with E-state index in [-0.39, 0.29) is 39.3 Å². The van der Waals surface area contributed by atoms with Crippen molar-refractivity contribution in [3.8, 4) is 11.5 Å². The molecule has 0 fully saturated rings. The van der Waals surface area contributed by atoms with Gasteiger partial charge in [0.15, 0.2) is 17.3 Å². The first-order chi connectivity index (χ1) is 12.8. The Morgan fingerprint density at radius 1 is 0.778 bits per heavy atom. The smallest absolute Gasteiger partial charge is 0.198 e. The normalized spacial score (nSPS) is 15.9. The Morgan fingerprint density at radius 3 is 2.07 bits per heavy atom. The fourth-order valence-electron chi connectivity index (χ4n) is 3.75. The van der Waals surface area contributed by atoms with Crippen molar-refractivity contribution in [2.24, 2.45) is 0 Å². The third-order valence-electron chi connectivity index (χ3n) is 4.91. The van der Waals surface area contributed by atoms with Crippen molar-refractivity contribution in [2.75, 3.05) is 0 Å². The number of allylic oxidation sites excluding steroid dienone is 4. The van der Waals surface area contributed by atoms with Crippen LogP contribution in [0.1, 0.15) is 47.8 Å². The van der Waals surface area contributed by atoms with Gasteiger partial charge in [0.1, 0.15) is 11.5 Å². The average Bonchev–Trinajstić information content (AvgIpc) is 2.57. The molecule has 0 atom stereocenters. The van der Waals surface area contributed by atoms with Gasteiger partial charge in [-0.3, -0.25) is 14.4 Å². The summed E-state index contributed by atoms with van der Waals surface area (Å²) in [6, 6.07) is 6.26. The van der Waals surface area contributed by atoms with E-state index < -0.39 is 17.3 Å². The number of fused-ring (bicyclic) bond motifs is 2. The number of hydrogen-bond acceptors (Lipinski definition) is 5. The molecule has 0 bridgehead atoms. The molecule has 0 amide bonds. The molecule has 5 heteroatoms. The largest absolute Gasteiger partial charge is 0.507 e. The molecule has 0 saturated carbocycles.